The zero-order chi connectivity index (χ0) is 102. The molecule has 2 aromatic carbocycles. The molecule has 41 heteroatoms. The van der Waals surface area contributed by atoms with E-state index in [1.165, 1.54) is 36.1 Å². The van der Waals surface area contributed by atoms with Gasteiger partial charge >= 0.3 is 12.1 Å². The van der Waals surface area contributed by atoms with Gasteiger partial charge < -0.3 is 126 Å². The minimum atomic E-state index is -1.62. The van der Waals surface area contributed by atoms with E-state index in [0.717, 1.165) is 19.3 Å². The van der Waals surface area contributed by atoms with Crippen LogP contribution in [0, 0.1) is 47.3 Å². The number of nitrogens with two attached hydrogens (primary N) is 1. The molecule has 12 amide bonds. The highest BCUT2D eigenvalue weighted by Gasteiger charge is 2.50. The minimum absolute atomic E-state index is 0.0503. The van der Waals surface area contributed by atoms with Gasteiger partial charge in [-0.1, -0.05) is 131 Å². The molecule has 2 aromatic rings. The topological polar surface area (TPSA) is 545 Å². The molecule has 782 valence electrons. The summed E-state index contributed by atoms with van der Waals surface area (Å²) in [6.07, 6.45) is -5.46. The number of urea groups is 1. The van der Waals surface area contributed by atoms with Crippen LogP contribution in [0.2, 0.25) is 0 Å². The molecule has 41 nitrogen and oxygen atoms in total. The summed E-state index contributed by atoms with van der Waals surface area (Å²) in [5, 5.41) is 71.2. The van der Waals surface area contributed by atoms with E-state index in [4.69, 9.17) is 48.4 Å². The molecule has 4 heterocycles. The molecule has 0 bridgehead atoms. The zero-order valence-corrected chi connectivity index (χ0v) is 83.8. The average Bonchev–Trinajstić information content (AvgIpc) is 1.65. The van der Waals surface area contributed by atoms with Crippen molar-refractivity contribution in [2.45, 2.75) is 290 Å². The average molecular weight is 1960 g/mol. The fraction of sp³-hybridized carbons (Fsp3) is 0.724. The number of nitrogens with one attached hydrogen (secondary N) is 8. The number of allylic oxidation sites excluding steroid dienone is 1. The second-order valence-corrected chi connectivity index (χ2v) is 38.1. The predicted molar refractivity (Wildman–Crippen MR) is 510 cm³/mol. The van der Waals surface area contributed by atoms with Crippen LogP contribution in [0.1, 0.15) is 209 Å². The van der Waals surface area contributed by atoms with E-state index in [1.807, 2.05) is 45.9 Å². The van der Waals surface area contributed by atoms with Gasteiger partial charge in [0.05, 0.1) is 138 Å². The SMILES string of the molecule is CC[C@H](C)[C@@H]([C@@H](CC(=O)N1CCC[C@H]1[C@H](OC)[C@@H](C)C(=O)N[C@H](C)[C@@H](O)c1ccccc1)OC)N(C)C(=O)[C@@H](CC(=O)[C@H](C(C)C)N(C)C(=O)OCc1ccc(NC(=O)[C@H](CCCNC(N)=O)CC(=O)[C@@H](NC(=O)[C@@H](CCCCNC(=O)COC2CCCCCC3=C2NNN3[C@@H]2O[C@H](CO)[C@H](O)[C@H](O)[C@H]2O)NC(=O)CCOCCOCCOCCOCCN2C(=O)CC(C)C2=O)C(C)C)cc1)C(C)C. The number of hydrogen-bond donors (Lipinski definition) is 14. The van der Waals surface area contributed by atoms with Crippen LogP contribution < -0.4 is 48.6 Å². The quantitative estimate of drug-likeness (QED) is 0.0328. The number of aliphatic hydroxyl groups is 5. The van der Waals surface area contributed by atoms with Crippen LogP contribution in [0.25, 0.3) is 0 Å². The summed E-state index contributed by atoms with van der Waals surface area (Å²) >= 11 is 0. The number of ether oxygens (including phenoxy) is 9. The van der Waals surface area contributed by atoms with Crippen molar-refractivity contribution in [1.29, 1.82) is 0 Å². The molecular weight excluding hydrogens is 1810 g/mol. The van der Waals surface area contributed by atoms with Crippen LogP contribution in [-0.2, 0) is 102 Å². The molecule has 3 saturated heterocycles. The van der Waals surface area contributed by atoms with Gasteiger partial charge in [0.25, 0.3) is 0 Å². The molecule has 2 unspecified atom stereocenters. The van der Waals surface area contributed by atoms with E-state index in [9.17, 15) is 83.1 Å². The smallest absolute Gasteiger partial charge is 0.410 e. The molecule has 0 aromatic heterocycles. The van der Waals surface area contributed by atoms with Crippen molar-refractivity contribution in [1.82, 2.24) is 62.2 Å². The number of primary amides is 1. The van der Waals surface area contributed by atoms with Gasteiger partial charge in [-0.3, -0.25) is 62.6 Å². The minimum Gasteiger partial charge on any atom is -0.445 e. The number of likely N-dealkylation sites (tertiary alicyclic amines) is 2. The van der Waals surface area contributed by atoms with Gasteiger partial charge in [-0.15, -0.1) is 5.53 Å². The lowest BCUT2D eigenvalue weighted by Crippen LogP contribution is -2.64. The van der Waals surface area contributed by atoms with Gasteiger partial charge in [-0.05, 0) is 118 Å². The van der Waals surface area contributed by atoms with Crippen molar-refractivity contribution in [3.05, 3.63) is 77.1 Å². The summed E-state index contributed by atoms with van der Waals surface area (Å²) in [4.78, 5) is 185. The number of hydrogen-bond acceptors (Lipinski definition) is 30. The summed E-state index contributed by atoms with van der Waals surface area (Å²) in [6, 6.07) is 9.49. The second-order valence-electron chi connectivity index (χ2n) is 38.1. The first kappa shape index (κ1) is 116. The van der Waals surface area contributed by atoms with Gasteiger partial charge in [0.15, 0.2) is 17.8 Å². The third-order valence-corrected chi connectivity index (χ3v) is 26.8. The first-order chi connectivity index (χ1) is 66.3. The van der Waals surface area contributed by atoms with Crippen LogP contribution in [-0.4, -0.2) is 333 Å². The number of aliphatic hydroxyl groups excluding tert-OH is 5. The van der Waals surface area contributed by atoms with Crippen molar-refractivity contribution in [3.63, 3.8) is 0 Å². The Labute approximate surface area is 817 Å². The van der Waals surface area contributed by atoms with Gasteiger partial charge in [-0.25, -0.2) is 9.59 Å². The predicted octanol–water partition coefficient (Wildman–Crippen LogP) is 4.08. The van der Waals surface area contributed by atoms with Gasteiger partial charge in [0.2, 0.25) is 53.2 Å². The Bertz CT molecular complexity index is 4270. The Hall–Kier alpha value is -9.47. The van der Waals surface area contributed by atoms with Crippen molar-refractivity contribution >= 4 is 82.5 Å². The van der Waals surface area contributed by atoms with Gasteiger partial charge in [-0.2, -0.15) is 0 Å². The van der Waals surface area contributed by atoms with E-state index in [1.54, 1.807) is 102 Å². The Morgan fingerprint density at radius 1 is 0.669 bits per heavy atom. The molecule has 15 N–H and O–H groups in total. The first-order valence-electron chi connectivity index (χ1n) is 49.3. The molecule has 139 heavy (non-hydrogen) atoms. The van der Waals surface area contributed by atoms with E-state index in [-0.39, 0.29) is 197 Å². The van der Waals surface area contributed by atoms with Crippen LogP contribution in [0.15, 0.2) is 66.0 Å². The van der Waals surface area contributed by atoms with E-state index in [0.29, 0.717) is 73.3 Å². The summed E-state index contributed by atoms with van der Waals surface area (Å²) < 4.78 is 52.4. The van der Waals surface area contributed by atoms with Crippen LogP contribution in [0.4, 0.5) is 15.3 Å². The van der Waals surface area contributed by atoms with Crippen molar-refractivity contribution in [2.24, 2.45) is 53.1 Å². The van der Waals surface area contributed by atoms with E-state index in [2.05, 4.69) is 42.9 Å². The molecular formula is C98H158N14O27. The standard InChI is InChI=1S/C98H158N14O27/c1-16-61(8)85(76(131-14)54-81(119)110-41-26-32-72(110)90(132-15)63(10)91(124)102-64(11)86(120)66-27-19-17-20-28-66)108(12)95(128)69(58(2)3)53-74(115)84(60(6)7)109(13)98(130)138-56-65-34-36-68(37-35-65)103-92(125)67(29-25-40-101-97(99)129)52-73(114)82(59(4)5)105-93(126)70(104-78(116)38-43-133-45-47-135-49-50-136-48-46-134-44-42-111-80(118)51-62(9)94(111)127)30-23-24-39-100-79(117)57-137-75-33-22-18-21-31-71-83(75)106-107-112(71)96-89(123)88(122)87(121)77(55-113)139-96/h17,19-20,27-28,34-37,58-64,67,69-70,72,75-77,82,84-90,96,106-107,113,120-123H,16,18,21-26,29-33,38-57H2,1-15H3,(H,100,117)(H,102,124)(H,103,125)(H,104,116)(H,105,126)(H3,99,101,129)/t61-,62?,63+,64+,67+,69-,70+,72-,75?,76+,77+,82-,84-,85-,86+,87-,88-,89+,90+,96+/m0/s1. The van der Waals surface area contributed by atoms with E-state index < -0.39 is 169 Å². The molecule has 0 radical (unpaired) electrons. The molecule has 3 fully saturated rings. The maximum atomic E-state index is 15.0. The Morgan fingerprint density at radius 3 is 1.94 bits per heavy atom. The number of imide groups is 1. The van der Waals surface area contributed by atoms with Crippen LogP contribution >= 0.6 is 0 Å². The summed E-state index contributed by atoms with van der Waals surface area (Å²) in [5.41, 5.74) is 14.1. The number of unbranched alkanes of at least 4 members (excludes halogenated alkanes) is 1. The molecule has 7 rings (SSSR count). The van der Waals surface area contributed by atoms with Gasteiger partial charge in [0.1, 0.15) is 49.8 Å². The Kier molecular flexibility index (Phi) is 49.8. The fourth-order valence-electron chi connectivity index (χ4n) is 18.5. The monoisotopic (exact) mass is 1960 g/mol. The normalized spacial score (nSPS) is 21.6. The maximum absolute atomic E-state index is 15.0. The number of rotatable bonds is 61. The lowest BCUT2D eigenvalue weighted by molar-refractivity contribution is -0.266. The number of carbonyl (C=O) groups excluding carboxylic acids is 13. The number of methoxy groups -OCH3 is 2. The number of benzene rings is 2. The van der Waals surface area contributed by atoms with Gasteiger partial charge in [0, 0.05) is 97.1 Å². The highest BCUT2D eigenvalue weighted by atomic mass is 16.6. The Balaban J connectivity index is 0.936. The highest BCUT2D eigenvalue weighted by Crippen LogP contribution is 2.36. The third-order valence-electron chi connectivity index (χ3n) is 26.8. The number of nitrogens with zero attached hydrogens (tertiary/aromatic N) is 5. The molecule has 4 aliphatic heterocycles. The number of Topliss-reactive ketones (excluding diaryl/α,β-unsaturated/α-hetero) is 2. The fourth-order valence-corrected chi connectivity index (χ4v) is 18.5. The molecule has 0 saturated carbocycles. The molecule has 0 spiro atoms. The maximum Gasteiger partial charge on any atom is 0.410 e. The van der Waals surface area contributed by atoms with Crippen LogP contribution in [0.5, 0.6) is 0 Å². The Morgan fingerprint density at radius 2 is 1.33 bits per heavy atom. The summed E-state index contributed by atoms with van der Waals surface area (Å²) in [6.45, 7) is 20.8. The van der Waals surface area contributed by atoms with Crippen molar-refractivity contribution in [3.8, 4) is 0 Å². The van der Waals surface area contributed by atoms with Crippen LogP contribution in [0.3, 0.4) is 0 Å². The summed E-state index contributed by atoms with van der Waals surface area (Å²) in [5.74, 6) is -8.92. The number of amides is 12. The lowest BCUT2D eigenvalue weighted by Gasteiger charge is -2.44. The van der Waals surface area contributed by atoms with E-state index >= 15 is 4.79 Å². The first-order valence-corrected chi connectivity index (χ1v) is 49.3. The number of likely N-dealkylation sites (N-methyl/N-ethyl adjacent to an activating group) is 2. The molecule has 20 atom stereocenters. The lowest BCUT2D eigenvalue weighted by atomic mass is 9.83. The largest absolute Gasteiger partial charge is 0.445 e. The van der Waals surface area contributed by atoms with Crippen molar-refractivity contribution in [2.75, 3.05) is 126 Å². The number of ketones is 2. The zero-order valence-electron chi connectivity index (χ0n) is 83.8. The second kappa shape index (κ2) is 59.4. The number of hydrazine groups is 2. The third kappa shape index (κ3) is 35.3. The number of anilines is 1. The molecule has 1 aliphatic carbocycles. The molecule has 5 aliphatic rings. The number of carbonyl (C=O) groups is 13. The van der Waals surface area contributed by atoms with Crippen molar-refractivity contribution < 1.29 is 130 Å². The summed E-state index contributed by atoms with van der Waals surface area (Å²) in [7, 11) is 6.13. The highest BCUT2D eigenvalue weighted by molar-refractivity contribution is 6.03.